The molecule has 0 N–H and O–H groups in total. The third-order valence-electron chi connectivity index (χ3n) is 6.64. The number of amides is 2. The number of nitro benzene ring substituents is 2. The van der Waals surface area contributed by atoms with Gasteiger partial charge in [-0.1, -0.05) is 5.21 Å². The number of piperazine rings is 1. The maximum atomic E-state index is 15.2. The van der Waals surface area contributed by atoms with E-state index in [-0.39, 0.29) is 44.0 Å². The van der Waals surface area contributed by atoms with Crippen LogP contribution in [-0.2, 0) is 11.3 Å². The van der Waals surface area contributed by atoms with E-state index in [9.17, 15) is 29.8 Å². The average Bonchev–Trinajstić information content (AvgIpc) is 3.52. The summed E-state index contributed by atoms with van der Waals surface area (Å²) in [6, 6.07) is 7.20. The lowest BCUT2D eigenvalue weighted by Gasteiger charge is -2.36. The van der Waals surface area contributed by atoms with E-state index < -0.39 is 45.1 Å². The van der Waals surface area contributed by atoms with Gasteiger partial charge in [0.15, 0.2) is 0 Å². The molecular formula is C24H23FN8O7. The van der Waals surface area contributed by atoms with Gasteiger partial charge < -0.3 is 14.5 Å². The number of carbonyl (C=O) groups excluding carboxylic acids is 2. The summed E-state index contributed by atoms with van der Waals surface area (Å²) in [7, 11) is 0. The maximum absolute atomic E-state index is 15.2. The van der Waals surface area contributed by atoms with Gasteiger partial charge in [-0.15, -0.1) is 5.10 Å². The molecule has 2 fully saturated rings. The number of rotatable bonds is 7. The van der Waals surface area contributed by atoms with Crippen molar-refractivity contribution in [1.82, 2.24) is 19.9 Å². The van der Waals surface area contributed by atoms with E-state index in [1.807, 2.05) is 0 Å². The number of hydrogen-bond acceptors (Lipinski definition) is 10. The zero-order valence-corrected chi connectivity index (χ0v) is 21.2. The predicted octanol–water partition coefficient (Wildman–Crippen LogP) is 2.53. The van der Waals surface area contributed by atoms with Crippen molar-refractivity contribution in [3.63, 3.8) is 0 Å². The highest BCUT2D eigenvalue weighted by atomic mass is 19.1. The van der Waals surface area contributed by atoms with Crippen molar-refractivity contribution < 1.29 is 28.6 Å². The number of anilines is 2. The predicted molar refractivity (Wildman–Crippen MR) is 137 cm³/mol. The number of nitrogens with zero attached hydrogens (tertiary/aromatic N) is 8. The van der Waals surface area contributed by atoms with Crippen molar-refractivity contribution in [3.8, 4) is 0 Å². The fourth-order valence-corrected chi connectivity index (χ4v) is 4.70. The summed E-state index contributed by atoms with van der Waals surface area (Å²) >= 11 is 0. The molecule has 208 valence electrons. The van der Waals surface area contributed by atoms with Crippen molar-refractivity contribution in [1.29, 1.82) is 0 Å². The van der Waals surface area contributed by atoms with E-state index in [1.54, 1.807) is 34.8 Å². The zero-order valence-electron chi connectivity index (χ0n) is 21.2. The Morgan fingerprint density at radius 1 is 1.07 bits per heavy atom. The fourth-order valence-electron chi connectivity index (χ4n) is 4.70. The Hall–Kier alpha value is -5.15. The number of ether oxygens (including phenoxy) is 1. The molecule has 1 atom stereocenters. The second kappa shape index (κ2) is 10.5. The van der Waals surface area contributed by atoms with E-state index in [4.69, 9.17) is 4.74 Å². The van der Waals surface area contributed by atoms with Gasteiger partial charge in [0.05, 0.1) is 51.6 Å². The van der Waals surface area contributed by atoms with E-state index >= 15 is 4.39 Å². The zero-order chi connectivity index (χ0) is 28.6. The smallest absolute Gasteiger partial charge is 0.414 e. The van der Waals surface area contributed by atoms with Gasteiger partial charge >= 0.3 is 6.09 Å². The molecule has 0 aliphatic carbocycles. The van der Waals surface area contributed by atoms with Crippen LogP contribution in [0.25, 0.3) is 0 Å². The Morgan fingerprint density at radius 3 is 2.33 bits per heavy atom. The number of aryl methyl sites for hydroxylation is 1. The lowest BCUT2D eigenvalue weighted by Crippen LogP contribution is -2.49. The normalized spacial score (nSPS) is 17.2. The Morgan fingerprint density at radius 2 is 1.75 bits per heavy atom. The Bertz CT molecular complexity index is 1470. The van der Waals surface area contributed by atoms with Gasteiger partial charge in [-0.25, -0.2) is 13.9 Å². The van der Waals surface area contributed by atoms with E-state index in [2.05, 4.69) is 10.3 Å². The molecule has 2 amide bonds. The Balaban J connectivity index is 1.23. The van der Waals surface area contributed by atoms with E-state index in [1.165, 1.54) is 15.9 Å². The first-order valence-corrected chi connectivity index (χ1v) is 12.2. The van der Waals surface area contributed by atoms with Crippen LogP contribution in [0.5, 0.6) is 0 Å². The molecule has 16 heteroatoms. The third-order valence-corrected chi connectivity index (χ3v) is 6.64. The van der Waals surface area contributed by atoms with Crippen molar-refractivity contribution in [3.05, 3.63) is 79.9 Å². The molecule has 0 bridgehead atoms. The molecule has 5 rings (SSSR count). The van der Waals surface area contributed by atoms with Crippen molar-refractivity contribution in [2.45, 2.75) is 19.6 Å². The molecule has 3 aromatic rings. The number of benzene rings is 2. The van der Waals surface area contributed by atoms with Crippen LogP contribution in [0.3, 0.4) is 0 Å². The molecule has 40 heavy (non-hydrogen) atoms. The minimum Gasteiger partial charge on any atom is -0.442 e. The minimum absolute atomic E-state index is 0.165. The number of non-ortho nitro benzene ring substituents is 2. The fraction of sp³-hybridized carbons (Fsp3) is 0.333. The first-order chi connectivity index (χ1) is 19.1. The summed E-state index contributed by atoms with van der Waals surface area (Å²) in [5.74, 6) is -1.15. The lowest BCUT2D eigenvalue weighted by molar-refractivity contribution is -0.394. The van der Waals surface area contributed by atoms with Crippen molar-refractivity contribution in [2.24, 2.45) is 0 Å². The number of cyclic esters (lactones) is 1. The topological polar surface area (TPSA) is 170 Å². The number of aromatic nitrogens is 3. The van der Waals surface area contributed by atoms with Crippen molar-refractivity contribution in [2.75, 3.05) is 42.5 Å². The molecule has 15 nitrogen and oxygen atoms in total. The van der Waals surface area contributed by atoms with Crippen LogP contribution in [0, 0.1) is 33.0 Å². The summed E-state index contributed by atoms with van der Waals surface area (Å²) in [6.07, 6.45) is 0.656. The first kappa shape index (κ1) is 26.5. The summed E-state index contributed by atoms with van der Waals surface area (Å²) in [5.41, 5.74) is 0.0745. The van der Waals surface area contributed by atoms with Crippen LogP contribution < -0.4 is 9.80 Å². The molecule has 0 radical (unpaired) electrons. The minimum atomic E-state index is -0.798. The second-order valence-corrected chi connectivity index (χ2v) is 9.37. The monoisotopic (exact) mass is 554 g/mol. The van der Waals surface area contributed by atoms with Gasteiger partial charge in [-0.3, -0.25) is 29.9 Å². The Labute approximate surface area is 225 Å². The second-order valence-electron chi connectivity index (χ2n) is 9.37. The summed E-state index contributed by atoms with van der Waals surface area (Å²) in [5, 5.41) is 30.2. The number of hydrogen-bond donors (Lipinski definition) is 0. The van der Waals surface area contributed by atoms with Crippen LogP contribution in [0.15, 0.2) is 42.6 Å². The van der Waals surface area contributed by atoms with Crippen LogP contribution in [0.1, 0.15) is 16.1 Å². The van der Waals surface area contributed by atoms with Gasteiger partial charge in [0.25, 0.3) is 17.3 Å². The van der Waals surface area contributed by atoms with Gasteiger partial charge in [-0.2, -0.15) is 0 Å². The molecule has 2 saturated heterocycles. The SMILES string of the molecule is Cc1cn(C[C@H]2CN(c3ccc(N4CCN(C(=O)c5cc([N+](=O)[O-])cc([N+](=O)[O-])c5)CC4)c(F)c3)C(=O)O2)nn1. The molecule has 2 aliphatic rings. The van der Waals surface area contributed by atoms with Gasteiger partial charge in [0, 0.05) is 44.5 Å². The quantitative estimate of drug-likeness (QED) is 0.312. The van der Waals surface area contributed by atoms with Crippen LogP contribution in [0.2, 0.25) is 0 Å². The average molecular weight is 554 g/mol. The molecule has 3 heterocycles. The Kier molecular flexibility index (Phi) is 6.98. The standard InChI is InChI=1S/C24H23FN8O7/c1-15-12-30(27-26-15)13-20-14-31(24(35)40-20)17-2-3-22(21(25)11-17)28-4-6-29(7-5-28)23(34)16-8-18(32(36)37)10-19(9-16)33(38)39/h2-3,8-12,20H,4-7,13-14H2,1H3/t20-/m0/s1. The third kappa shape index (κ3) is 5.36. The molecule has 0 saturated carbocycles. The largest absolute Gasteiger partial charge is 0.442 e. The van der Waals surface area contributed by atoms with Crippen LogP contribution in [-0.4, -0.2) is 80.6 Å². The van der Waals surface area contributed by atoms with Gasteiger partial charge in [-0.05, 0) is 25.1 Å². The highest BCUT2D eigenvalue weighted by molar-refractivity contribution is 5.96. The van der Waals surface area contributed by atoms with Gasteiger partial charge in [0.2, 0.25) is 0 Å². The summed E-state index contributed by atoms with van der Waals surface area (Å²) < 4.78 is 22.1. The highest BCUT2D eigenvalue weighted by Gasteiger charge is 2.34. The van der Waals surface area contributed by atoms with Crippen LogP contribution >= 0.6 is 0 Å². The number of carbonyl (C=O) groups is 2. The van der Waals surface area contributed by atoms with E-state index in [0.29, 0.717) is 12.2 Å². The van der Waals surface area contributed by atoms with Crippen LogP contribution in [0.4, 0.5) is 31.9 Å². The first-order valence-electron chi connectivity index (χ1n) is 12.2. The van der Waals surface area contributed by atoms with E-state index in [0.717, 1.165) is 23.9 Å². The van der Waals surface area contributed by atoms with Crippen molar-refractivity contribution >= 4 is 34.7 Å². The highest BCUT2D eigenvalue weighted by Crippen LogP contribution is 2.29. The summed E-state index contributed by atoms with van der Waals surface area (Å²) in [4.78, 5) is 50.6. The molecule has 2 aliphatic heterocycles. The lowest BCUT2D eigenvalue weighted by atomic mass is 10.1. The molecule has 0 spiro atoms. The summed E-state index contributed by atoms with van der Waals surface area (Å²) in [6.45, 7) is 3.17. The number of nitro groups is 2. The number of halogens is 1. The molecule has 0 unspecified atom stereocenters. The van der Waals surface area contributed by atoms with Gasteiger partial charge in [0.1, 0.15) is 11.9 Å². The molecule has 1 aromatic heterocycles. The molecular weight excluding hydrogens is 531 g/mol. The maximum Gasteiger partial charge on any atom is 0.414 e. The molecule has 2 aromatic carbocycles.